The van der Waals surface area contributed by atoms with Crippen molar-refractivity contribution in [2.45, 2.75) is 65.0 Å². The number of benzene rings is 1. The van der Waals surface area contributed by atoms with Crippen LogP contribution in [-0.4, -0.2) is 24.5 Å². The lowest BCUT2D eigenvalue weighted by Crippen LogP contribution is -2.40. The second kappa shape index (κ2) is 8.11. The molecule has 0 bridgehead atoms. The predicted octanol–water partition coefficient (Wildman–Crippen LogP) is 4.20. The van der Waals surface area contributed by atoms with Crippen LogP contribution in [0.3, 0.4) is 0 Å². The van der Waals surface area contributed by atoms with E-state index in [1.807, 2.05) is 37.3 Å². The number of sulfonamides is 1. The molecule has 2 rings (SSSR count). The lowest BCUT2D eigenvalue weighted by molar-refractivity contribution is 0.312. The molecule has 124 valence electrons. The summed E-state index contributed by atoms with van der Waals surface area (Å²) in [5.74, 6) is 0.672. The minimum Gasteiger partial charge on any atom is -0.212 e. The molecule has 0 aliphatic heterocycles. The highest BCUT2D eigenvalue weighted by Gasteiger charge is 2.30. The van der Waals surface area contributed by atoms with Crippen LogP contribution in [-0.2, 0) is 16.6 Å². The van der Waals surface area contributed by atoms with Gasteiger partial charge in [-0.2, -0.15) is 4.31 Å². The van der Waals surface area contributed by atoms with Crippen molar-refractivity contribution in [3.05, 3.63) is 35.9 Å². The normalized spacial score (nSPS) is 18.5. The summed E-state index contributed by atoms with van der Waals surface area (Å²) < 4.78 is 27.6. The van der Waals surface area contributed by atoms with Crippen molar-refractivity contribution in [3.63, 3.8) is 0 Å². The first-order valence-corrected chi connectivity index (χ1v) is 10.2. The molecule has 1 aromatic carbocycles. The molecule has 3 nitrogen and oxygen atoms in total. The summed E-state index contributed by atoms with van der Waals surface area (Å²) in [4.78, 5) is 0. The Balaban J connectivity index is 2.12. The van der Waals surface area contributed by atoms with E-state index in [-0.39, 0.29) is 6.04 Å². The zero-order chi connectivity index (χ0) is 16.0. The first-order valence-electron chi connectivity index (χ1n) is 8.56. The third-order valence-corrected chi connectivity index (χ3v) is 6.89. The topological polar surface area (TPSA) is 37.4 Å². The van der Waals surface area contributed by atoms with Gasteiger partial charge in [-0.25, -0.2) is 8.42 Å². The molecule has 0 heterocycles. The van der Waals surface area contributed by atoms with Gasteiger partial charge in [0, 0.05) is 12.6 Å². The minimum atomic E-state index is -3.20. The summed E-state index contributed by atoms with van der Waals surface area (Å²) in [7, 11) is -3.20. The van der Waals surface area contributed by atoms with E-state index in [4.69, 9.17) is 0 Å². The van der Waals surface area contributed by atoms with Crippen molar-refractivity contribution < 1.29 is 8.42 Å². The molecule has 0 unspecified atom stereocenters. The van der Waals surface area contributed by atoms with E-state index in [0.29, 0.717) is 18.2 Å². The van der Waals surface area contributed by atoms with Crippen LogP contribution >= 0.6 is 0 Å². The second-order valence-electron chi connectivity index (χ2n) is 6.57. The largest absolute Gasteiger partial charge is 0.214 e. The standard InChI is InChI=1S/C18H29NO2S/c1-3-16(2)19(14-17-10-6-4-7-11-17)22(20,21)15-18-12-8-5-9-13-18/h4,6-7,10-11,16,18H,3,5,8-9,12-15H2,1-2H3/t16-/m0/s1. The summed E-state index contributed by atoms with van der Waals surface area (Å²) in [6.45, 7) is 4.56. The molecular formula is C18H29NO2S. The van der Waals surface area contributed by atoms with Crippen molar-refractivity contribution in [3.8, 4) is 0 Å². The third kappa shape index (κ3) is 4.82. The van der Waals surface area contributed by atoms with Gasteiger partial charge in [-0.1, -0.05) is 56.5 Å². The van der Waals surface area contributed by atoms with Crippen molar-refractivity contribution in [2.75, 3.05) is 5.75 Å². The molecule has 4 heteroatoms. The van der Waals surface area contributed by atoms with E-state index in [9.17, 15) is 8.42 Å². The molecule has 0 radical (unpaired) electrons. The fourth-order valence-electron chi connectivity index (χ4n) is 3.24. The maximum absolute atomic E-state index is 12.9. The van der Waals surface area contributed by atoms with Gasteiger partial charge in [0.05, 0.1) is 5.75 Å². The average molecular weight is 324 g/mol. The van der Waals surface area contributed by atoms with Gasteiger partial charge < -0.3 is 0 Å². The summed E-state index contributed by atoms with van der Waals surface area (Å²) in [6, 6.07) is 9.97. The highest BCUT2D eigenvalue weighted by atomic mass is 32.2. The van der Waals surface area contributed by atoms with Crippen molar-refractivity contribution in [1.82, 2.24) is 4.31 Å². The van der Waals surface area contributed by atoms with Crippen LogP contribution in [0.5, 0.6) is 0 Å². The fourth-order valence-corrected chi connectivity index (χ4v) is 5.41. The highest BCUT2D eigenvalue weighted by molar-refractivity contribution is 7.89. The molecule has 0 amide bonds. The zero-order valence-electron chi connectivity index (χ0n) is 13.9. The van der Waals surface area contributed by atoms with Crippen LogP contribution in [0.1, 0.15) is 57.9 Å². The van der Waals surface area contributed by atoms with Gasteiger partial charge in [0.2, 0.25) is 10.0 Å². The molecule has 1 aromatic rings. The summed E-state index contributed by atoms with van der Waals surface area (Å²) in [5.41, 5.74) is 1.06. The van der Waals surface area contributed by atoms with Gasteiger partial charge in [0.15, 0.2) is 0 Å². The van der Waals surface area contributed by atoms with Crippen molar-refractivity contribution in [2.24, 2.45) is 5.92 Å². The number of rotatable bonds is 7. The molecule has 1 aliphatic rings. The van der Waals surface area contributed by atoms with E-state index < -0.39 is 10.0 Å². The first-order chi connectivity index (χ1) is 10.5. The van der Waals surface area contributed by atoms with Gasteiger partial charge in [0.25, 0.3) is 0 Å². The Morgan fingerprint density at radius 3 is 2.36 bits per heavy atom. The number of hydrogen-bond acceptors (Lipinski definition) is 2. The molecule has 0 saturated heterocycles. The van der Waals surface area contributed by atoms with Crippen LogP contribution in [0.15, 0.2) is 30.3 Å². The Hall–Kier alpha value is -0.870. The summed E-state index contributed by atoms with van der Waals surface area (Å²) in [5, 5.41) is 0. The quantitative estimate of drug-likeness (QED) is 0.754. The Bertz CT molecular complexity index is 535. The zero-order valence-corrected chi connectivity index (χ0v) is 14.7. The molecule has 1 atom stereocenters. The second-order valence-corrected chi connectivity index (χ2v) is 8.54. The molecule has 0 spiro atoms. The smallest absolute Gasteiger partial charge is 0.212 e. The highest BCUT2D eigenvalue weighted by Crippen LogP contribution is 2.27. The number of nitrogens with zero attached hydrogens (tertiary/aromatic N) is 1. The van der Waals surface area contributed by atoms with Gasteiger partial charge >= 0.3 is 0 Å². The van der Waals surface area contributed by atoms with Gasteiger partial charge in [-0.05, 0) is 37.7 Å². The molecule has 1 aliphatic carbocycles. The van der Waals surface area contributed by atoms with Crippen LogP contribution < -0.4 is 0 Å². The van der Waals surface area contributed by atoms with Crippen molar-refractivity contribution in [1.29, 1.82) is 0 Å². The predicted molar refractivity (Wildman–Crippen MR) is 92.1 cm³/mol. The maximum Gasteiger partial charge on any atom is 0.214 e. The van der Waals surface area contributed by atoms with Gasteiger partial charge in [-0.15, -0.1) is 0 Å². The van der Waals surface area contributed by atoms with E-state index in [0.717, 1.165) is 24.8 Å². The Kier molecular flexibility index (Phi) is 6.45. The molecule has 1 saturated carbocycles. The first kappa shape index (κ1) is 17.5. The fraction of sp³-hybridized carbons (Fsp3) is 0.667. The third-order valence-electron chi connectivity index (χ3n) is 4.79. The van der Waals surface area contributed by atoms with Gasteiger partial charge in [-0.3, -0.25) is 0 Å². The molecule has 22 heavy (non-hydrogen) atoms. The van der Waals surface area contributed by atoms with E-state index in [1.54, 1.807) is 4.31 Å². The van der Waals surface area contributed by atoms with Gasteiger partial charge in [0.1, 0.15) is 0 Å². The van der Waals surface area contributed by atoms with E-state index >= 15 is 0 Å². The van der Waals surface area contributed by atoms with Crippen molar-refractivity contribution >= 4 is 10.0 Å². The van der Waals surface area contributed by atoms with E-state index in [2.05, 4.69) is 6.92 Å². The molecule has 1 fully saturated rings. The minimum absolute atomic E-state index is 0.0498. The van der Waals surface area contributed by atoms with Crippen LogP contribution in [0, 0.1) is 5.92 Å². The number of hydrogen-bond donors (Lipinski definition) is 0. The average Bonchev–Trinajstić information content (AvgIpc) is 2.53. The SMILES string of the molecule is CC[C@H](C)N(Cc1ccccc1)S(=O)(=O)CC1CCCCC1. The summed E-state index contributed by atoms with van der Waals surface area (Å²) in [6.07, 6.45) is 6.61. The van der Waals surface area contributed by atoms with E-state index in [1.165, 1.54) is 19.3 Å². The maximum atomic E-state index is 12.9. The molecular weight excluding hydrogens is 294 g/mol. The molecule has 0 aromatic heterocycles. The Morgan fingerprint density at radius 2 is 1.77 bits per heavy atom. The lowest BCUT2D eigenvalue weighted by atomic mass is 9.91. The van der Waals surface area contributed by atoms with Crippen LogP contribution in [0.2, 0.25) is 0 Å². The Morgan fingerprint density at radius 1 is 1.14 bits per heavy atom. The van der Waals surface area contributed by atoms with Crippen LogP contribution in [0.4, 0.5) is 0 Å². The lowest BCUT2D eigenvalue weighted by Gasteiger charge is -2.30. The summed E-state index contributed by atoms with van der Waals surface area (Å²) >= 11 is 0. The monoisotopic (exact) mass is 323 g/mol. The Labute approximate surface area is 135 Å². The molecule has 0 N–H and O–H groups in total. The van der Waals surface area contributed by atoms with Crippen LogP contribution in [0.25, 0.3) is 0 Å².